The van der Waals surface area contributed by atoms with Crippen molar-refractivity contribution in [2.75, 3.05) is 36.4 Å². The van der Waals surface area contributed by atoms with E-state index in [-0.39, 0.29) is 11.8 Å². The van der Waals surface area contributed by atoms with Crippen molar-refractivity contribution in [3.63, 3.8) is 0 Å². The first kappa shape index (κ1) is 19.3. The normalized spacial score (nSPS) is 18.2. The van der Waals surface area contributed by atoms with Crippen LogP contribution in [0, 0.1) is 0 Å². The number of nitrogens with one attached hydrogen (secondary N) is 1. The molecule has 1 N–H and O–H groups in total. The van der Waals surface area contributed by atoms with E-state index in [0.717, 1.165) is 42.6 Å². The van der Waals surface area contributed by atoms with Crippen LogP contribution in [0.3, 0.4) is 0 Å². The molecule has 0 bridgehead atoms. The number of amidine groups is 1. The Morgan fingerprint density at radius 3 is 2.31 bits per heavy atom. The smallest absolute Gasteiger partial charge is 0.286 e. The highest BCUT2D eigenvalue weighted by Gasteiger charge is 2.28. The summed E-state index contributed by atoms with van der Waals surface area (Å²) in [5.41, 5.74) is 2.87. The van der Waals surface area contributed by atoms with E-state index >= 15 is 0 Å². The third-order valence-corrected chi connectivity index (χ3v) is 5.85. The standard InChI is InChI=1S/C22H22N4O2S/c1-16(27)23-18-9-7-17(8-10-18)15-20-21(28)24-22(29-20)26-13-11-25(12-14-26)19-5-3-2-4-6-19/h2-10,15H,11-14H2,1H3,(H,23,27)/b20-15-. The number of hydrogen-bond donors (Lipinski definition) is 1. The quantitative estimate of drug-likeness (QED) is 0.791. The molecule has 148 valence electrons. The van der Waals surface area contributed by atoms with Crippen LogP contribution in [0.2, 0.25) is 0 Å². The summed E-state index contributed by atoms with van der Waals surface area (Å²) in [6, 6.07) is 17.8. The number of hydrogen-bond acceptors (Lipinski definition) is 5. The van der Waals surface area contributed by atoms with Crippen LogP contribution >= 0.6 is 11.8 Å². The summed E-state index contributed by atoms with van der Waals surface area (Å²) in [6.45, 7) is 4.96. The van der Waals surface area contributed by atoms with Crippen LogP contribution in [0.15, 0.2) is 64.5 Å². The highest BCUT2D eigenvalue weighted by atomic mass is 32.2. The minimum absolute atomic E-state index is 0.108. The summed E-state index contributed by atoms with van der Waals surface area (Å²) in [5, 5.41) is 3.52. The predicted molar refractivity (Wildman–Crippen MR) is 119 cm³/mol. The van der Waals surface area contributed by atoms with Gasteiger partial charge in [-0.25, -0.2) is 0 Å². The second-order valence-corrected chi connectivity index (χ2v) is 7.93. The van der Waals surface area contributed by atoms with Crippen molar-refractivity contribution in [2.45, 2.75) is 6.92 Å². The van der Waals surface area contributed by atoms with E-state index in [4.69, 9.17) is 0 Å². The number of amides is 2. The van der Waals surface area contributed by atoms with Crippen molar-refractivity contribution in [3.05, 3.63) is 65.1 Å². The highest BCUT2D eigenvalue weighted by molar-refractivity contribution is 8.18. The number of rotatable bonds is 3. The van der Waals surface area contributed by atoms with Gasteiger partial charge in [-0.2, -0.15) is 4.99 Å². The lowest BCUT2D eigenvalue weighted by atomic mass is 10.2. The first-order valence-corrected chi connectivity index (χ1v) is 10.4. The third kappa shape index (κ3) is 4.68. The molecule has 7 heteroatoms. The number of aliphatic imine (C=N–C) groups is 1. The maximum Gasteiger partial charge on any atom is 0.286 e. The Morgan fingerprint density at radius 1 is 1.00 bits per heavy atom. The number of piperazine rings is 1. The van der Waals surface area contributed by atoms with Crippen molar-refractivity contribution in [1.82, 2.24) is 4.90 Å². The third-order valence-electron chi connectivity index (χ3n) is 4.81. The maximum atomic E-state index is 12.4. The second kappa shape index (κ2) is 8.53. The van der Waals surface area contributed by atoms with Crippen LogP contribution in [0.25, 0.3) is 6.08 Å². The molecule has 0 radical (unpaired) electrons. The Labute approximate surface area is 174 Å². The fourth-order valence-corrected chi connectivity index (χ4v) is 4.31. The van der Waals surface area contributed by atoms with Gasteiger partial charge in [0.2, 0.25) is 5.91 Å². The van der Waals surface area contributed by atoms with Gasteiger partial charge in [0.15, 0.2) is 5.17 Å². The molecular weight excluding hydrogens is 384 g/mol. The zero-order valence-electron chi connectivity index (χ0n) is 16.2. The van der Waals surface area contributed by atoms with Crippen molar-refractivity contribution in [1.29, 1.82) is 0 Å². The van der Waals surface area contributed by atoms with Gasteiger partial charge in [-0.3, -0.25) is 9.59 Å². The van der Waals surface area contributed by atoms with Gasteiger partial charge in [0.25, 0.3) is 5.91 Å². The van der Waals surface area contributed by atoms with Crippen LogP contribution in [-0.4, -0.2) is 48.1 Å². The Kier molecular flexibility index (Phi) is 5.67. The topological polar surface area (TPSA) is 65.0 Å². The molecule has 2 amide bonds. The van der Waals surface area contributed by atoms with Gasteiger partial charge in [0.1, 0.15) is 0 Å². The molecule has 6 nitrogen and oxygen atoms in total. The Bertz CT molecular complexity index is 962. The van der Waals surface area contributed by atoms with E-state index in [0.29, 0.717) is 4.91 Å². The van der Waals surface area contributed by atoms with Crippen molar-refractivity contribution in [3.8, 4) is 0 Å². The molecule has 2 heterocycles. The lowest BCUT2D eigenvalue weighted by Gasteiger charge is -2.36. The zero-order valence-corrected chi connectivity index (χ0v) is 17.0. The molecule has 0 atom stereocenters. The fourth-order valence-electron chi connectivity index (χ4n) is 3.35. The average molecular weight is 407 g/mol. The molecular formula is C22H22N4O2S. The van der Waals surface area contributed by atoms with E-state index in [2.05, 4.69) is 44.4 Å². The number of thioether (sulfide) groups is 1. The zero-order chi connectivity index (χ0) is 20.2. The molecule has 4 rings (SSSR count). The van der Waals surface area contributed by atoms with Crippen LogP contribution in [0.1, 0.15) is 12.5 Å². The number of carbonyl (C=O) groups is 2. The first-order chi connectivity index (χ1) is 14.1. The lowest BCUT2D eigenvalue weighted by Crippen LogP contribution is -2.47. The van der Waals surface area contributed by atoms with E-state index in [1.54, 1.807) is 0 Å². The maximum absolute atomic E-state index is 12.4. The van der Waals surface area contributed by atoms with Gasteiger partial charge >= 0.3 is 0 Å². The monoisotopic (exact) mass is 406 g/mol. The predicted octanol–water partition coefficient (Wildman–Crippen LogP) is 3.44. The lowest BCUT2D eigenvalue weighted by molar-refractivity contribution is -0.114. The minimum Gasteiger partial charge on any atom is -0.368 e. The van der Waals surface area contributed by atoms with Gasteiger partial charge < -0.3 is 15.1 Å². The molecule has 2 aliphatic rings. The van der Waals surface area contributed by atoms with Crippen LogP contribution < -0.4 is 10.2 Å². The Balaban J connectivity index is 1.37. The molecule has 0 aliphatic carbocycles. The summed E-state index contributed by atoms with van der Waals surface area (Å²) in [6.07, 6.45) is 1.85. The first-order valence-electron chi connectivity index (χ1n) is 9.54. The Morgan fingerprint density at radius 2 is 1.66 bits per heavy atom. The summed E-state index contributed by atoms with van der Waals surface area (Å²) in [5.74, 6) is -0.301. The molecule has 0 aromatic heterocycles. The summed E-state index contributed by atoms with van der Waals surface area (Å²) in [7, 11) is 0. The van der Waals surface area contributed by atoms with Crippen LogP contribution in [0.5, 0.6) is 0 Å². The molecule has 0 saturated carbocycles. The van der Waals surface area contributed by atoms with Crippen LogP contribution in [-0.2, 0) is 9.59 Å². The largest absolute Gasteiger partial charge is 0.368 e. The van der Waals surface area contributed by atoms with Gasteiger partial charge in [-0.05, 0) is 47.7 Å². The van der Waals surface area contributed by atoms with Crippen molar-refractivity contribution >= 4 is 46.2 Å². The molecule has 29 heavy (non-hydrogen) atoms. The number of benzene rings is 2. The molecule has 1 saturated heterocycles. The van der Waals surface area contributed by atoms with Crippen LogP contribution in [0.4, 0.5) is 11.4 Å². The van der Waals surface area contributed by atoms with Crippen molar-refractivity contribution in [2.24, 2.45) is 4.99 Å². The molecule has 2 aliphatic heterocycles. The van der Waals surface area contributed by atoms with E-state index in [1.807, 2.05) is 36.4 Å². The van der Waals surface area contributed by atoms with Crippen molar-refractivity contribution < 1.29 is 9.59 Å². The highest BCUT2D eigenvalue weighted by Crippen LogP contribution is 2.31. The van der Waals surface area contributed by atoms with E-state index in [9.17, 15) is 9.59 Å². The summed E-state index contributed by atoms with van der Waals surface area (Å²) >= 11 is 1.43. The molecule has 2 aromatic carbocycles. The van der Waals surface area contributed by atoms with Gasteiger partial charge in [-0.15, -0.1) is 0 Å². The Hall–Kier alpha value is -3.06. The van der Waals surface area contributed by atoms with Gasteiger partial charge in [-0.1, -0.05) is 30.3 Å². The number of para-hydroxylation sites is 1. The SMILES string of the molecule is CC(=O)Nc1ccc(/C=C2\SC(N3CCN(c4ccccc4)CC3)=NC2=O)cc1. The fraction of sp³-hybridized carbons (Fsp3) is 0.227. The second-order valence-electron chi connectivity index (χ2n) is 6.92. The van der Waals surface area contributed by atoms with E-state index < -0.39 is 0 Å². The molecule has 0 unspecified atom stereocenters. The van der Waals surface area contributed by atoms with Gasteiger partial charge in [0, 0.05) is 44.5 Å². The number of nitrogens with zero attached hydrogens (tertiary/aromatic N) is 3. The molecule has 2 aromatic rings. The molecule has 0 spiro atoms. The number of carbonyl (C=O) groups excluding carboxylic acids is 2. The average Bonchev–Trinajstić information content (AvgIpc) is 3.10. The van der Waals surface area contributed by atoms with Gasteiger partial charge in [0.05, 0.1) is 4.91 Å². The molecule has 1 fully saturated rings. The minimum atomic E-state index is -0.193. The summed E-state index contributed by atoms with van der Waals surface area (Å²) in [4.78, 5) is 32.9. The summed E-state index contributed by atoms with van der Waals surface area (Å²) < 4.78 is 0. The number of anilines is 2. The van der Waals surface area contributed by atoms with E-state index in [1.165, 1.54) is 24.4 Å².